The number of amides is 1. The second-order valence-corrected chi connectivity index (χ2v) is 7.35. The minimum absolute atomic E-state index is 0.110. The van der Waals surface area contributed by atoms with Crippen LogP contribution in [0.5, 0.6) is 0 Å². The summed E-state index contributed by atoms with van der Waals surface area (Å²) in [6.45, 7) is 0. The van der Waals surface area contributed by atoms with Gasteiger partial charge in [0.05, 0.1) is 7.11 Å². The van der Waals surface area contributed by atoms with E-state index >= 15 is 0 Å². The maximum Gasteiger partial charge on any atom is 0.328 e. The van der Waals surface area contributed by atoms with Crippen molar-refractivity contribution in [2.75, 3.05) is 7.11 Å². The van der Waals surface area contributed by atoms with E-state index in [0.29, 0.717) is 24.5 Å². The van der Waals surface area contributed by atoms with Gasteiger partial charge in [-0.3, -0.25) is 4.79 Å². The van der Waals surface area contributed by atoms with Crippen LogP contribution in [0.2, 0.25) is 0 Å². The number of rotatable bonds is 3. The normalized spacial score (nSPS) is 30.3. The highest BCUT2D eigenvalue weighted by Gasteiger charge is 2.49. The predicted octanol–water partition coefficient (Wildman–Crippen LogP) is 2.84. The van der Waals surface area contributed by atoms with Gasteiger partial charge < -0.3 is 14.5 Å². The molecule has 4 rings (SSSR count). The molecule has 2 heterocycles. The van der Waals surface area contributed by atoms with Crippen molar-refractivity contribution in [2.24, 2.45) is 11.1 Å². The number of hydrogen-bond donors (Lipinski definition) is 0. The zero-order valence-corrected chi connectivity index (χ0v) is 15.0. The Bertz CT molecular complexity index is 718. The first-order chi connectivity index (χ1) is 12.7. The number of ether oxygens (including phenoxy) is 1. The molecule has 1 aromatic rings. The van der Waals surface area contributed by atoms with Gasteiger partial charge in [-0.25, -0.2) is 4.79 Å². The van der Waals surface area contributed by atoms with Crippen molar-refractivity contribution in [2.45, 2.75) is 56.7 Å². The third-order valence-electron chi connectivity index (χ3n) is 5.88. The monoisotopic (exact) mass is 356 g/mol. The van der Waals surface area contributed by atoms with Gasteiger partial charge in [0, 0.05) is 12.5 Å². The number of carbonyl (C=O) groups is 2. The van der Waals surface area contributed by atoms with Gasteiger partial charge in [-0.2, -0.15) is 0 Å². The van der Waals surface area contributed by atoms with Crippen molar-refractivity contribution in [1.29, 1.82) is 0 Å². The van der Waals surface area contributed by atoms with Gasteiger partial charge in [-0.05, 0) is 30.7 Å². The summed E-state index contributed by atoms with van der Waals surface area (Å²) in [5.41, 5.74) is 1.40. The van der Waals surface area contributed by atoms with Crippen LogP contribution < -0.4 is 0 Å². The van der Waals surface area contributed by atoms with Crippen molar-refractivity contribution >= 4 is 17.6 Å². The molecule has 6 heteroatoms. The van der Waals surface area contributed by atoms with Crippen molar-refractivity contribution in [3.63, 3.8) is 0 Å². The van der Waals surface area contributed by atoms with Crippen LogP contribution in [0.3, 0.4) is 0 Å². The van der Waals surface area contributed by atoms with Crippen LogP contribution in [-0.4, -0.2) is 41.7 Å². The van der Waals surface area contributed by atoms with Gasteiger partial charge in [0.1, 0.15) is 11.8 Å². The molecule has 1 amide bonds. The highest BCUT2D eigenvalue weighted by atomic mass is 16.6. The smallest absolute Gasteiger partial charge is 0.328 e. The molecule has 0 bridgehead atoms. The highest BCUT2D eigenvalue weighted by Crippen LogP contribution is 2.41. The van der Waals surface area contributed by atoms with E-state index in [2.05, 4.69) is 5.16 Å². The maximum absolute atomic E-state index is 13.2. The van der Waals surface area contributed by atoms with E-state index in [4.69, 9.17) is 9.57 Å². The second kappa shape index (κ2) is 7.09. The molecular weight excluding hydrogens is 332 g/mol. The molecule has 0 spiro atoms. The minimum Gasteiger partial charge on any atom is -0.467 e. The van der Waals surface area contributed by atoms with Gasteiger partial charge in [0.2, 0.25) is 0 Å². The molecule has 0 radical (unpaired) electrons. The lowest BCUT2D eigenvalue weighted by Gasteiger charge is -2.33. The van der Waals surface area contributed by atoms with Crippen LogP contribution >= 0.6 is 0 Å². The third kappa shape index (κ3) is 2.97. The maximum atomic E-state index is 13.2. The molecule has 6 nitrogen and oxygen atoms in total. The van der Waals surface area contributed by atoms with Crippen LogP contribution in [0.15, 0.2) is 35.5 Å². The summed E-state index contributed by atoms with van der Waals surface area (Å²) in [4.78, 5) is 32.8. The fraction of sp³-hybridized carbons (Fsp3) is 0.550. The number of methoxy groups -OCH3 is 1. The van der Waals surface area contributed by atoms with E-state index < -0.39 is 6.04 Å². The van der Waals surface area contributed by atoms with E-state index in [1.54, 1.807) is 4.90 Å². The van der Waals surface area contributed by atoms with Gasteiger partial charge in [0.15, 0.2) is 6.10 Å². The molecule has 3 aliphatic rings. The predicted molar refractivity (Wildman–Crippen MR) is 95.3 cm³/mol. The van der Waals surface area contributed by atoms with Crippen molar-refractivity contribution in [3.05, 3.63) is 35.9 Å². The van der Waals surface area contributed by atoms with E-state index in [1.165, 1.54) is 7.11 Å². The largest absolute Gasteiger partial charge is 0.467 e. The molecule has 1 aliphatic carbocycles. The minimum atomic E-state index is -0.501. The summed E-state index contributed by atoms with van der Waals surface area (Å²) < 4.78 is 4.97. The second-order valence-electron chi connectivity index (χ2n) is 7.35. The first-order valence-corrected chi connectivity index (χ1v) is 9.37. The van der Waals surface area contributed by atoms with Crippen molar-refractivity contribution in [1.82, 2.24) is 4.90 Å². The fourth-order valence-corrected chi connectivity index (χ4v) is 4.60. The summed E-state index contributed by atoms with van der Waals surface area (Å²) in [5, 5.41) is 4.07. The molecular formula is C20H24N2O4. The Hall–Kier alpha value is -2.37. The first-order valence-electron chi connectivity index (χ1n) is 9.37. The van der Waals surface area contributed by atoms with Gasteiger partial charge in [-0.1, -0.05) is 48.3 Å². The molecule has 138 valence electrons. The quantitative estimate of drug-likeness (QED) is 0.781. The average molecular weight is 356 g/mol. The number of carbonyl (C=O) groups excluding carboxylic acids is 2. The van der Waals surface area contributed by atoms with E-state index in [0.717, 1.165) is 31.2 Å². The van der Waals surface area contributed by atoms with Crippen LogP contribution in [-0.2, 0) is 19.2 Å². The van der Waals surface area contributed by atoms with Gasteiger partial charge in [0.25, 0.3) is 5.91 Å². The summed E-state index contributed by atoms with van der Waals surface area (Å²) in [5.74, 6) is -0.121. The Kier molecular flexibility index (Phi) is 4.66. The number of likely N-dealkylation sites (tertiary alicyclic amines) is 1. The lowest BCUT2D eigenvalue weighted by molar-refractivity contribution is -0.150. The van der Waals surface area contributed by atoms with Crippen LogP contribution in [0.4, 0.5) is 0 Å². The summed E-state index contributed by atoms with van der Waals surface area (Å²) in [6, 6.07) is 9.38. The molecule has 1 saturated heterocycles. The van der Waals surface area contributed by atoms with Crippen molar-refractivity contribution < 1.29 is 19.2 Å². The number of benzene rings is 1. The van der Waals surface area contributed by atoms with E-state index in [9.17, 15) is 9.59 Å². The molecule has 2 fully saturated rings. The Morgan fingerprint density at radius 2 is 1.96 bits per heavy atom. The lowest BCUT2D eigenvalue weighted by atomic mass is 9.84. The molecule has 4 atom stereocenters. The summed E-state index contributed by atoms with van der Waals surface area (Å²) in [6.07, 6.45) is 5.16. The molecule has 4 unspecified atom stereocenters. The zero-order valence-electron chi connectivity index (χ0n) is 15.0. The Morgan fingerprint density at radius 1 is 1.19 bits per heavy atom. The molecule has 2 aliphatic heterocycles. The SMILES string of the molecule is COC(=O)C1CC2CCCCC2N1C(=O)C1=NOC(c2ccccc2)C1. The van der Waals surface area contributed by atoms with E-state index in [1.807, 2.05) is 30.3 Å². The standard InChI is InChI=1S/C20H24N2O4/c1-25-20(24)17-11-14-9-5-6-10-16(14)22(17)19(23)15-12-18(26-21-15)13-7-3-2-4-8-13/h2-4,7-8,14,16-18H,5-6,9-12H2,1H3. The number of hydrogen-bond acceptors (Lipinski definition) is 5. The summed E-state index contributed by atoms with van der Waals surface area (Å²) in [7, 11) is 1.38. The number of oxime groups is 1. The molecule has 26 heavy (non-hydrogen) atoms. The van der Waals surface area contributed by atoms with Crippen molar-refractivity contribution in [3.8, 4) is 0 Å². The Labute approximate surface area is 153 Å². The van der Waals surface area contributed by atoms with Crippen LogP contribution in [0, 0.1) is 5.92 Å². The molecule has 0 N–H and O–H groups in total. The highest BCUT2D eigenvalue weighted by molar-refractivity contribution is 6.39. The Balaban J connectivity index is 1.53. The van der Waals surface area contributed by atoms with E-state index in [-0.39, 0.29) is 24.0 Å². The van der Waals surface area contributed by atoms with Crippen LogP contribution in [0.1, 0.15) is 50.2 Å². The van der Waals surface area contributed by atoms with Crippen LogP contribution in [0.25, 0.3) is 0 Å². The first kappa shape index (κ1) is 17.1. The third-order valence-corrected chi connectivity index (χ3v) is 5.88. The number of nitrogens with zero attached hydrogens (tertiary/aromatic N) is 2. The summed E-state index contributed by atoms with van der Waals surface area (Å²) >= 11 is 0. The van der Waals surface area contributed by atoms with Gasteiger partial charge >= 0.3 is 5.97 Å². The Morgan fingerprint density at radius 3 is 2.73 bits per heavy atom. The van der Waals surface area contributed by atoms with Gasteiger partial charge in [-0.15, -0.1) is 0 Å². The number of fused-ring (bicyclic) bond motifs is 1. The fourth-order valence-electron chi connectivity index (χ4n) is 4.60. The zero-order chi connectivity index (χ0) is 18.1. The average Bonchev–Trinajstić information content (AvgIpc) is 3.32. The number of esters is 1. The molecule has 0 aromatic heterocycles. The molecule has 1 saturated carbocycles. The lowest BCUT2D eigenvalue weighted by Crippen LogP contribution is -2.49. The topological polar surface area (TPSA) is 68.2 Å². The molecule has 1 aromatic carbocycles.